The van der Waals surface area contributed by atoms with Crippen molar-refractivity contribution in [3.63, 3.8) is 0 Å². The van der Waals surface area contributed by atoms with E-state index in [1.165, 1.54) is 11.1 Å². The molecule has 23 heavy (non-hydrogen) atoms. The van der Waals surface area contributed by atoms with E-state index in [9.17, 15) is 4.79 Å². The summed E-state index contributed by atoms with van der Waals surface area (Å²) in [5.74, 6) is 2.53. The molecule has 1 spiro atoms. The first-order valence-electron chi connectivity index (χ1n) is 8.69. The number of hydrogen-bond acceptors (Lipinski definition) is 4. The number of piperidine rings is 1. The molecule has 2 aliphatic carbocycles. The lowest BCUT2D eigenvalue weighted by molar-refractivity contribution is -0.144. The molecular formula is C19H23NO3. The molecule has 1 saturated heterocycles. The van der Waals surface area contributed by atoms with Gasteiger partial charge in [-0.2, -0.15) is 0 Å². The van der Waals surface area contributed by atoms with Gasteiger partial charge in [-0.15, -0.1) is 0 Å². The molecule has 4 nitrogen and oxygen atoms in total. The molecule has 2 fully saturated rings. The number of ether oxygens (including phenoxy) is 2. The maximum Gasteiger partial charge on any atom is 0.177 e. The highest BCUT2D eigenvalue weighted by molar-refractivity contribution is 5.90. The number of nitrogens with zero attached hydrogens (tertiary/aromatic N) is 1. The van der Waals surface area contributed by atoms with Crippen molar-refractivity contribution in [2.45, 2.75) is 43.7 Å². The van der Waals surface area contributed by atoms with Crippen LogP contribution < -0.4 is 9.47 Å². The Bertz CT molecular complexity index is 715. The zero-order valence-electron chi connectivity index (χ0n) is 14.0. The standard InChI is InChI=1S/C19H23NO3/c1-10-8-12-13-9-11-4-5-14(22-3)17-15(11)19(12,6-7-20(13)2)18(23-17)16(10)21/h4-5,10,12-13,18H,6-9H2,1-3H3/t10-,12-,13+,18-,19-/m0/s1. The number of rotatable bonds is 1. The largest absolute Gasteiger partial charge is 0.493 e. The third kappa shape index (κ3) is 1.44. The number of ketones is 1. The number of likely N-dealkylation sites (N-methyl/N-ethyl adjacent to an activating group) is 1. The van der Waals surface area contributed by atoms with E-state index in [0.717, 1.165) is 37.3 Å². The van der Waals surface area contributed by atoms with Crippen LogP contribution in [0.15, 0.2) is 12.1 Å². The van der Waals surface area contributed by atoms with E-state index in [4.69, 9.17) is 9.47 Å². The lowest BCUT2D eigenvalue weighted by atomic mass is 9.50. The summed E-state index contributed by atoms with van der Waals surface area (Å²) in [7, 11) is 3.92. The molecule has 1 aromatic carbocycles. The Balaban J connectivity index is 1.81. The van der Waals surface area contributed by atoms with E-state index in [1.807, 2.05) is 6.07 Å². The van der Waals surface area contributed by atoms with E-state index in [2.05, 4.69) is 24.9 Å². The van der Waals surface area contributed by atoms with Crippen molar-refractivity contribution in [1.82, 2.24) is 4.90 Å². The van der Waals surface area contributed by atoms with E-state index in [-0.39, 0.29) is 23.2 Å². The van der Waals surface area contributed by atoms with Gasteiger partial charge in [-0.1, -0.05) is 13.0 Å². The zero-order chi connectivity index (χ0) is 15.9. The summed E-state index contributed by atoms with van der Waals surface area (Å²) in [6, 6.07) is 4.72. The Hall–Kier alpha value is -1.55. The number of likely N-dealkylation sites (tertiary alicyclic amines) is 1. The second-order valence-electron chi connectivity index (χ2n) is 7.82. The maximum atomic E-state index is 13.0. The van der Waals surface area contributed by atoms with E-state index < -0.39 is 0 Å². The van der Waals surface area contributed by atoms with Crippen molar-refractivity contribution in [1.29, 1.82) is 0 Å². The molecule has 0 radical (unpaired) electrons. The molecule has 122 valence electrons. The summed E-state index contributed by atoms with van der Waals surface area (Å²) in [6.07, 6.45) is 2.76. The summed E-state index contributed by atoms with van der Waals surface area (Å²) in [5.41, 5.74) is 2.55. The van der Waals surface area contributed by atoms with Crippen LogP contribution in [-0.4, -0.2) is 43.5 Å². The van der Waals surface area contributed by atoms with Gasteiger partial charge in [0.25, 0.3) is 0 Å². The molecule has 2 aliphatic heterocycles. The number of carbonyl (C=O) groups excluding carboxylic acids is 1. The topological polar surface area (TPSA) is 38.8 Å². The molecule has 4 aliphatic rings. The average molecular weight is 313 g/mol. The molecule has 2 bridgehead atoms. The van der Waals surface area contributed by atoms with Crippen LogP contribution in [0.5, 0.6) is 11.5 Å². The minimum atomic E-state index is -0.308. The van der Waals surface area contributed by atoms with Gasteiger partial charge in [0.05, 0.1) is 7.11 Å². The number of carbonyl (C=O) groups is 1. The van der Waals surface area contributed by atoms with Crippen LogP contribution in [0, 0.1) is 11.8 Å². The average Bonchev–Trinajstić information content (AvgIpc) is 2.89. The quantitative estimate of drug-likeness (QED) is 0.796. The van der Waals surface area contributed by atoms with Crippen molar-refractivity contribution in [2.24, 2.45) is 11.8 Å². The van der Waals surface area contributed by atoms with E-state index in [1.54, 1.807) is 7.11 Å². The van der Waals surface area contributed by atoms with Crippen molar-refractivity contribution >= 4 is 5.78 Å². The molecule has 5 atom stereocenters. The summed E-state index contributed by atoms with van der Waals surface area (Å²) in [6.45, 7) is 3.11. The molecule has 1 saturated carbocycles. The van der Waals surface area contributed by atoms with Crippen molar-refractivity contribution < 1.29 is 14.3 Å². The Morgan fingerprint density at radius 2 is 2.22 bits per heavy atom. The number of methoxy groups -OCH3 is 1. The highest BCUT2D eigenvalue weighted by atomic mass is 16.5. The Morgan fingerprint density at radius 3 is 3.00 bits per heavy atom. The van der Waals surface area contributed by atoms with Gasteiger partial charge in [0, 0.05) is 22.9 Å². The highest BCUT2D eigenvalue weighted by Crippen LogP contribution is 2.63. The van der Waals surface area contributed by atoms with Crippen molar-refractivity contribution in [2.75, 3.05) is 20.7 Å². The van der Waals surface area contributed by atoms with E-state index in [0.29, 0.717) is 12.0 Å². The van der Waals surface area contributed by atoms with Gasteiger partial charge in [-0.25, -0.2) is 0 Å². The van der Waals surface area contributed by atoms with Crippen LogP contribution in [-0.2, 0) is 16.6 Å². The zero-order valence-corrected chi connectivity index (χ0v) is 14.0. The van der Waals surface area contributed by atoms with Crippen LogP contribution in [0.2, 0.25) is 0 Å². The lowest BCUT2D eigenvalue weighted by Crippen LogP contribution is -2.66. The predicted molar refractivity (Wildman–Crippen MR) is 86.1 cm³/mol. The highest BCUT2D eigenvalue weighted by Gasteiger charge is 2.66. The van der Waals surface area contributed by atoms with E-state index >= 15 is 0 Å². The SMILES string of the molecule is COc1ccc2c3c1O[C@H]1C(=O)[C@@H](C)C[C@H]4[C@@H](C2)N(C)CC[C@]314. The molecule has 0 N–H and O–H groups in total. The summed E-state index contributed by atoms with van der Waals surface area (Å²) < 4.78 is 11.9. The van der Waals surface area contributed by atoms with Crippen LogP contribution in [0.25, 0.3) is 0 Å². The molecular weight excluding hydrogens is 290 g/mol. The second-order valence-corrected chi connectivity index (χ2v) is 7.82. The van der Waals surface area contributed by atoms with Gasteiger partial charge in [0.15, 0.2) is 23.4 Å². The van der Waals surface area contributed by atoms with Crippen LogP contribution >= 0.6 is 0 Å². The van der Waals surface area contributed by atoms with Gasteiger partial charge in [-0.05, 0) is 50.4 Å². The molecule has 1 aromatic rings. The Morgan fingerprint density at radius 1 is 1.39 bits per heavy atom. The molecule has 5 rings (SSSR count). The second kappa shape index (κ2) is 4.29. The number of Topliss-reactive ketones (excluding diaryl/α,β-unsaturated/α-hetero) is 1. The summed E-state index contributed by atoms with van der Waals surface area (Å²) in [4.78, 5) is 15.5. The Kier molecular flexibility index (Phi) is 2.59. The fraction of sp³-hybridized carbons (Fsp3) is 0.632. The van der Waals surface area contributed by atoms with Gasteiger partial charge in [0.2, 0.25) is 0 Å². The summed E-state index contributed by atoms with van der Waals surface area (Å²) >= 11 is 0. The van der Waals surface area contributed by atoms with Crippen LogP contribution in [0.1, 0.15) is 30.9 Å². The van der Waals surface area contributed by atoms with Crippen molar-refractivity contribution in [3.05, 3.63) is 23.3 Å². The first-order valence-corrected chi connectivity index (χ1v) is 8.69. The van der Waals surface area contributed by atoms with Gasteiger partial charge >= 0.3 is 0 Å². The first-order chi connectivity index (χ1) is 11.1. The normalized spacial score (nSPS) is 40.6. The number of benzene rings is 1. The van der Waals surface area contributed by atoms with Crippen LogP contribution in [0.3, 0.4) is 0 Å². The minimum Gasteiger partial charge on any atom is -0.493 e. The molecule has 0 aromatic heterocycles. The fourth-order valence-electron chi connectivity index (χ4n) is 5.87. The maximum absolute atomic E-state index is 13.0. The monoisotopic (exact) mass is 313 g/mol. The fourth-order valence-corrected chi connectivity index (χ4v) is 5.87. The minimum absolute atomic E-state index is 0.0917. The molecule has 2 heterocycles. The Labute approximate surface area is 136 Å². The third-order valence-electron chi connectivity index (χ3n) is 6.95. The first kappa shape index (κ1) is 13.8. The van der Waals surface area contributed by atoms with Crippen molar-refractivity contribution in [3.8, 4) is 11.5 Å². The smallest absolute Gasteiger partial charge is 0.177 e. The molecule has 4 heteroatoms. The predicted octanol–water partition coefficient (Wildman–Crippen LogP) is 2.18. The van der Waals surface area contributed by atoms with Crippen LogP contribution in [0.4, 0.5) is 0 Å². The molecule has 0 amide bonds. The lowest BCUT2D eigenvalue weighted by Gasteiger charge is -2.58. The number of hydrogen-bond donors (Lipinski definition) is 0. The summed E-state index contributed by atoms with van der Waals surface area (Å²) in [5, 5.41) is 0. The molecule has 0 unspecified atom stereocenters. The van der Waals surface area contributed by atoms with Gasteiger partial charge in [-0.3, -0.25) is 4.79 Å². The van der Waals surface area contributed by atoms with Gasteiger partial charge in [0.1, 0.15) is 0 Å². The third-order valence-corrected chi connectivity index (χ3v) is 6.95. The van der Waals surface area contributed by atoms with Gasteiger partial charge < -0.3 is 14.4 Å².